The van der Waals surface area contributed by atoms with Crippen molar-refractivity contribution in [2.75, 3.05) is 0 Å². The van der Waals surface area contributed by atoms with Crippen LogP contribution < -0.4 is 0 Å². The molecule has 8 nitrogen and oxygen atoms in total. The monoisotopic (exact) mass is 453 g/mol. The summed E-state index contributed by atoms with van der Waals surface area (Å²) in [5, 5.41) is 13.3. The standard InChI is InChI=1S/C23H20ClN3O5/c24-18-4-2-1-3-17(18)21(28)25(12-13-5-9-16(10-6-13)27(31)32)26-22(29)19-14-7-8-15(11-14)20(19)23(26)30/h1-6,9-10,14-15,19-20H,7-8,11-12H2. The second-order valence-electron chi connectivity index (χ2n) is 8.64. The molecular formula is C23H20ClN3O5. The van der Waals surface area contributed by atoms with Gasteiger partial charge in [0.2, 0.25) is 0 Å². The molecule has 2 aromatic rings. The maximum Gasteiger partial charge on any atom is 0.274 e. The van der Waals surface area contributed by atoms with E-state index in [0.29, 0.717) is 5.56 Å². The number of non-ortho nitro benzene ring substituents is 1. The van der Waals surface area contributed by atoms with Gasteiger partial charge in [0.05, 0.1) is 33.9 Å². The summed E-state index contributed by atoms with van der Waals surface area (Å²) in [6, 6.07) is 12.2. The molecule has 164 valence electrons. The van der Waals surface area contributed by atoms with Gasteiger partial charge in [-0.15, -0.1) is 0 Å². The minimum absolute atomic E-state index is 0.0860. The molecule has 0 radical (unpaired) electrons. The van der Waals surface area contributed by atoms with Gasteiger partial charge in [-0.1, -0.05) is 35.9 Å². The van der Waals surface area contributed by atoms with Crippen molar-refractivity contribution >= 4 is 35.0 Å². The summed E-state index contributed by atoms with van der Waals surface area (Å²) in [4.78, 5) is 50.7. The number of nitro groups is 1. The van der Waals surface area contributed by atoms with Crippen LogP contribution in [-0.4, -0.2) is 32.7 Å². The van der Waals surface area contributed by atoms with Crippen LogP contribution in [0, 0.1) is 33.8 Å². The number of hydrogen-bond donors (Lipinski definition) is 0. The average molecular weight is 454 g/mol. The number of hydrogen-bond acceptors (Lipinski definition) is 5. The van der Waals surface area contributed by atoms with Crippen LogP contribution in [0.3, 0.4) is 0 Å². The van der Waals surface area contributed by atoms with E-state index in [9.17, 15) is 24.5 Å². The van der Waals surface area contributed by atoms with Gasteiger partial charge in [-0.2, -0.15) is 5.01 Å². The number of carbonyl (C=O) groups is 3. The molecule has 3 aliphatic rings. The summed E-state index contributed by atoms with van der Waals surface area (Å²) < 4.78 is 0. The number of amides is 3. The number of hydrazine groups is 1. The van der Waals surface area contributed by atoms with E-state index in [-0.39, 0.29) is 58.3 Å². The van der Waals surface area contributed by atoms with E-state index in [2.05, 4.69) is 0 Å². The molecule has 3 fully saturated rings. The van der Waals surface area contributed by atoms with Gasteiger partial charge < -0.3 is 0 Å². The molecule has 0 spiro atoms. The first-order valence-corrected chi connectivity index (χ1v) is 10.9. The third-order valence-corrected chi connectivity index (χ3v) is 7.29. The van der Waals surface area contributed by atoms with Crippen molar-refractivity contribution in [2.24, 2.45) is 23.7 Å². The Balaban J connectivity index is 1.52. The minimum atomic E-state index is -0.567. The third kappa shape index (κ3) is 3.17. The lowest BCUT2D eigenvalue weighted by Crippen LogP contribution is -2.50. The molecular weight excluding hydrogens is 434 g/mol. The quantitative estimate of drug-likeness (QED) is 0.389. The van der Waals surface area contributed by atoms with Gasteiger partial charge in [0.1, 0.15) is 0 Å². The zero-order valence-corrected chi connectivity index (χ0v) is 17.8. The highest BCUT2D eigenvalue weighted by Crippen LogP contribution is 2.56. The Hall–Kier alpha value is -3.26. The molecule has 1 saturated heterocycles. The molecule has 0 aromatic heterocycles. The van der Waals surface area contributed by atoms with Crippen LogP contribution in [-0.2, 0) is 16.1 Å². The first-order chi connectivity index (χ1) is 15.4. The lowest BCUT2D eigenvalue weighted by atomic mass is 9.81. The minimum Gasteiger partial charge on any atom is -0.272 e. The second-order valence-corrected chi connectivity index (χ2v) is 9.05. The lowest BCUT2D eigenvalue weighted by Gasteiger charge is -2.31. The Bertz CT molecular complexity index is 1110. The van der Waals surface area contributed by atoms with Crippen LogP contribution in [0.1, 0.15) is 35.2 Å². The number of rotatable bonds is 5. The zero-order valence-electron chi connectivity index (χ0n) is 17.0. The topological polar surface area (TPSA) is 101 Å². The van der Waals surface area contributed by atoms with E-state index in [4.69, 9.17) is 11.6 Å². The van der Waals surface area contributed by atoms with Gasteiger partial charge in [0, 0.05) is 12.1 Å². The normalized spacial score (nSPS) is 25.8. The summed E-state index contributed by atoms with van der Waals surface area (Å²) >= 11 is 6.24. The van der Waals surface area contributed by atoms with Crippen LogP contribution in [0.2, 0.25) is 5.02 Å². The second kappa shape index (κ2) is 7.70. The van der Waals surface area contributed by atoms with E-state index in [1.807, 2.05) is 0 Å². The number of nitro benzene ring substituents is 1. The smallest absolute Gasteiger partial charge is 0.272 e. The molecule has 2 aliphatic carbocycles. The van der Waals surface area contributed by atoms with E-state index in [1.165, 1.54) is 24.3 Å². The lowest BCUT2D eigenvalue weighted by molar-refractivity contribution is -0.384. The summed E-state index contributed by atoms with van der Waals surface area (Å²) in [7, 11) is 0. The largest absolute Gasteiger partial charge is 0.274 e. The Morgan fingerprint density at radius 1 is 1.03 bits per heavy atom. The van der Waals surface area contributed by atoms with Crippen LogP contribution in [0.5, 0.6) is 0 Å². The molecule has 32 heavy (non-hydrogen) atoms. The molecule has 2 aromatic carbocycles. The third-order valence-electron chi connectivity index (χ3n) is 6.96. The van der Waals surface area contributed by atoms with Crippen molar-refractivity contribution in [3.05, 3.63) is 74.8 Å². The van der Waals surface area contributed by atoms with Gasteiger partial charge >= 0.3 is 0 Å². The summed E-state index contributed by atoms with van der Waals surface area (Å²) in [6.07, 6.45) is 2.75. The van der Waals surface area contributed by atoms with Crippen LogP contribution in [0.4, 0.5) is 5.69 Å². The van der Waals surface area contributed by atoms with Crippen molar-refractivity contribution in [3.63, 3.8) is 0 Å². The average Bonchev–Trinajstić information content (AvgIpc) is 3.46. The highest BCUT2D eigenvalue weighted by molar-refractivity contribution is 6.33. The van der Waals surface area contributed by atoms with Crippen LogP contribution in [0.25, 0.3) is 0 Å². The SMILES string of the molecule is O=C(c1ccccc1Cl)N(Cc1ccc([N+](=O)[O-])cc1)N1C(=O)C2C3CCC(C3)C2C1=O. The highest BCUT2D eigenvalue weighted by atomic mass is 35.5. The number of fused-ring (bicyclic) bond motifs is 5. The van der Waals surface area contributed by atoms with Gasteiger partial charge in [0.25, 0.3) is 23.4 Å². The predicted octanol–water partition coefficient (Wildman–Crippen LogP) is 3.84. The maximum atomic E-state index is 13.5. The summed E-state index contributed by atoms with van der Waals surface area (Å²) in [5.74, 6) is -1.63. The van der Waals surface area contributed by atoms with E-state index < -0.39 is 10.8 Å². The fraction of sp³-hybridized carbons (Fsp3) is 0.348. The van der Waals surface area contributed by atoms with Crippen molar-refractivity contribution in [1.29, 1.82) is 0 Å². The number of halogens is 1. The van der Waals surface area contributed by atoms with E-state index in [0.717, 1.165) is 29.3 Å². The molecule has 1 aliphatic heterocycles. The fourth-order valence-electron chi connectivity index (χ4n) is 5.53. The number of nitrogens with zero attached hydrogens (tertiary/aromatic N) is 3. The first-order valence-electron chi connectivity index (χ1n) is 10.5. The molecule has 0 N–H and O–H groups in total. The Morgan fingerprint density at radius 3 is 2.19 bits per heavy atom. The molecule has 4 unspecified atom stereocenters. The molecule has 4 atom stereocenters. The first kappa shape index (κ1) is 20.6. The Labute approximate surface area is 188 Å². The van der Waals surface area contributed by atoms with Gasteiger partial charge in [-0.25, -0.2) is 5.01 Å². The van der Waals surface area contributed by atoms with Gasteiger partial charge in [0.15, 0.2) is 0 Å². The van der Waals surface area contributed by atoms with Crippen molar-refractivity contribution in [1.82, 2.24) is 10.0 Å². The van der Waals surface area contributed by atoms with Gasteiger partial charge in [-0.05, 0) is 48.8 Å². The Morgan fingerprint density at radius 2 is 1.62 bits per heavy atom. The Kier molecular flexibility index (Phi) is 4.97. The molecule has 2 saturated carbocycles. The molecule has 1 heterocycles. The number of carbonyl (C=O) groups excluding carboxylic acids is 3. The summed E-state index contributed by atoms with van der Waals surface area (Å²) in [6.45, 7) is -0.0890. The predicted molar refractivity (Wildman–Crippen MR) is 114 cm³/mol. The fourth-order valence-corrected chi connectivity index (χ4v) is 5.75. The zero-order chi connectivity index (χ0) is 22.6. The van der Waals surface area contributed by atoms with Crippen LogP contribution >= 0.6 is 11.6 Å². The van der Waals surface area contributed by atoms with E-state index >= 15 is 0 Å². The molecule has 3 amide bonds. The number of imide groups is 1. The maximum absolute atomic E-state index is 13.5. The van der Waals surface area contributed by atoms with Crippen molar-refractivity contribution in [3.8, 4) is 0 Å². The molecule has 9 heteroatoms. The van der Waals surface area contributed by atoms with Gasteiger partial charge in [-0.3, -0.25) is 24.5 Å². The van der Waals surface area contributed by atoms with Crippen molar-refractivity contribution < 1.29 is 19.3 Å². The van der Waals surface area contributed by atoms with Crippen LogP contribution in [0.15, 0.2) is 48.5 Å². The van der Waals surface area contributed by atoms with Crippen molar-refractivity contribution in [2.45, 2.75) is 25.8 Å². The number of benzene rings is 2. The highest BCUT2D eigenvalue weighted by Gasteiger charge is 2.62. The molecule has 2 bridgehead atoms. The molecule has 5 rings (SSSR count). The van der Waals surface area contributed by atoms with E-state index in [1.54, 1.807) is 24.3 Å². The summed E-state index contributed by atoms with van der Waals surface area (Å²) in [5.41, 5.74) is 0.644.